The van der Waals surface area contributed by atoms with E-state index in [1.807, 2.05) is 0 Å². The number of hydrogen-bond acceptors (Lipinski definition) is 7. The number of allylic oxidation sites excluding steroid dienone is 2. The number of carbonyl (C=O) groups excluding carboxylic acids is 5. The van der Waals surface area contributed by atoms with Gasteiger partial charge in [0.2, 0.25) is 17.7 Å². The van der Waals surface area contributed by atoms with Crippen LogP contribution in [0.1, 0.15) is 65.7 Å². The monoisotopic (exact) mass is 559 g/mol. The van der Waals surface area contributed by atoms with Gasteiger partial charge in [-0.2, -0.15) is 0 Å². The summed E-state index contributed by atoms with van der Waals surface area (Å²) >= 11 is 0. The van der Waals surface area contributed by atoms with Gasteiger partial charge >= 0.3 is 11.9 Å². The Labute approximate surface area is 237 Å². The smallest absolute Gasteiger partial charge is 0.328 e. The summed E-state index contributed by atoms with van der Waals surface area (Å²) in [5.41, 5.74) is -0.773. The third kappa shape index (κ3) is 7.31. The normalized spacial score (nSPS) is 27.6. The molecule has 10 heteroatoms. The second kappa shape index (κ2) is 13.5. The lowest BCUT2D eigenvalue weighted by atomic mass is 9.81. The van der Waals surface area contributed by atoms with Crippen LogP contribution in [-0.4, -0.2) is 72.4 Å². The molecule has 3 fully saturated rings. The van der Waals surface area contributed by atoms with Crippen molar-refractivity contribution in [1.82, 2.24) is 15.5 Å². The number of amides is 3. The maximum Gasteiger partial charge on any atom is 0.328 e. The van der Waals surface area contributed by atoms with E-state index < -0.39 is 53.3 Å². The second-order valence-corrected chi connectivity index (χ2v) is 12.1. The van der Waals surface area contributed by atoms with Crippen LogP contribution in [0.2, 0.25) is 0 Å². The van der Waals surface area contributed by atoms with E-state index in [9.17, 15) is 24.0 Å². The molecule has 1 aliphatic carbocycles. The number of hydrogen-bond donors (Lipinski definition) is 2. The van der Waals surface area contributed by atoms with E-state index in [1.165, 1.54) is 12.0 Å². The third-order valence-electron chi connectivity index (χ3n) is 8.32. The van der Waals surface area contributed by atoms with Crippen LogP contribution in [0.3, 0.4) is 0 Å². The molecule has 0 spiro atoms. The van der Waals surface area contributed by atoms with Crippen LogP contribution in [0, 0.1) is 29.6 Å². The SMILES string of the molecule is C=CCC[C@H](C(=O)OC(C)(C)C)C(=O)N1C[C@@H]2CCC[C@@H]2[C@H]1C(=O)N[C@@H](CC1C(=O)NCC[C@@H]1C=C)C(=O)OC. The fourth-order valence-corrected chi connectivity index (χ4v) is 6.39. The molecule has 3 amide bonds. The molecule has 2 N–H and O–H groups in total. The predicted octanol–water partition coefficient (Wildman–Crippen LogP) is 2.52. The number of nitrogens with one attached hydrogen (secondary N) is 2. The average molecular weight is 560 g/mol. The molecule has 2 saturated heterocycles. The first-order valence-electron chi connectivity index (χ1n) is 14.3. The Morgan fingerprint density at radius 3 is 2.50 bits per heavy atom. The van der Waals surface area contributed by atoms with Gasteiger partial charge in [0.15, 0.2) is 0 Å². The molecule has 0 aromatic heterocycles. The van der Waals surface area contributed by atoms with Crippen LogP contribution < -0.4 is 10.6 Å². The highest BCUT2D eigenvalue weighted by atomic mass is 16.6. The molecule has 2 aliphatic heterocycles. The minimum absolute atomic E-state index is 0.0512. The standard InChI is InChI=1S/C30H45N3O7/c1-7-9-12-21(28(37)40-30(3,4)5)27(36)33-17-19-11-10-13-20(19)24(33)26(35)32-23(29(38)39-6)16-22-18(8-2)14-15-31-25(22)34/h7-8,18-24H,1-2,9-17H2,3-6H3,(H,31,34)(H,32,35)/t18-,19-,20-,21-,22?,23-,24-/m0/s1. The number of rotatable bonds is 11. The number of carbonyl (C=O) groups is 5. The first kappa shape index (κ1) is 31.4. The molecule has 0 bridgehead atoms. The van der Waals surface area contributed by atoms with Crippen LogP contribution in [0.4, 0.5) is 0 Å². The van der Waals surface area contributed by atoms with E-state index in [1.54, 1.807) is 32.9 Å². The lowest BCUT2D eigenvalue weighted by Crippen LogP contribution is -2.55. The number of ether oxygens (including phenoxy) is 2. The zero-order valence-electron chi connectivity index (χ0n) is 24.3. The highest BCUT2D eigenvalue weighted by molar-refractivity contribution is 6.00. The number of methoxy groups -OCH3 is 1. The Hall–Kier alpha value is -3.17. The van der Waals surface area contributed by atoms with Gasteiger partial charge < -0.3 is 25.0 Å². The van der Waals surface area contributed by atoms with Crippen molar-refractivity contribution in [2.24, 2.45) is 29.6 Å². The van der Waals surface area contributed by atoms with E-state index in [-0.39, 0.29) is 36.5 Å². The Kier molecular flexibility index (Phi) is 10.6. The Morgan fingerprint density at radius 1 is 1.15 bits per heavy atom. The number of piperidine rings is 1. The van der Waals surface area contributed by atoms with Crippen LogP contribution in [-0.2, 0) is 33.4 Å². The van der Waals surface area contributed by atoms with Gasteiger partial charge in [-0.05, 0) is 77.0 Å². The zero-order chi connectivity index (χ0) is 29.6. The number of likely N-dealkylation sites (tertiary alicyclic amines) is 1. The largest absolute Gasteiger partial charge is 0.467 e. The number of nitrogens with zero attached hydrogens (tertiary/aromatic N) is 1. The van der Waals surface area contributed by atoms with Crippen molar-refractivity contribution in [2.75, 3.05) is 20.2 Å². The summed E-state index contributed by atoms with van der Waals surface area (Å²) in [6, 6.07) is -1.91. The van der Waals surface area contributed by atoms with Crippen molar-refractivity contribution in [3.8, 4) is 0 Å². The van der Waals surface area contributed by atoms with Crippen molar-refractivity contribution in [3.05, 3.63) is 25.3 Å². The van der Waals surface area contributed by atoms with E-state index in [4.69, 9.17) is 9.47 Å². The summed E-state index contributed by atoms with van der Waals surface area (Å²) in [5.74, 6) is -4.11. The molecular weight excluding hydrogens is 514 g/mol. The van der Waals surface area contributed by atoms with Gasteiger partial charge in [-0.1, -0.05) is 18.6 Å². The van der Waals surface area contributed by atoms with E-state index >= 15 is 0 Å². The van der Waals surface area contributed by atoms with Crippen LogP contribution in [0.15, 0.2) is 25.3 Å². The Morgan fingerprint density at radius 2 is 1.88 bits per heavy atom. The Balaban J connectivity index is 1.86. The van der Waals surface area contributed by atoms with Gasteiger partial charge in [-0.15, -0.1) is 13.2 Å². The fourth-order valence-electron chi connectivity index (χ4n) is 6.39. The summed E-state index contributed by atoms with van der Waals surface area (Å²) in [6.07, 6.45) is 7.34. The fraction of sp³-hybridized carbons (Fsp3) is 0.700. The molecule has 3 rings (SSSR count). The minimum Gasteiger partial charge on any atom is -0.467 e. The first-order chi connectivity index (χ1) is 18.9. The zero-order valence-corrected chi connectivity index (χ0v) is 24.3. The van der Waals surface area contributed by atoms with Crippen molar-refractivity contribution >= 4 is 29.7 Å². The molecule has 40 heavy (non-hydrogen) atoms. The predicted molar refractivity (Wildman–Crippen MR) is 148 cm³/mol. The first-order valence-corrected chi connectivity index (χ1v) is 14.3. The van der Waals surface area contributed by atoms with Crippen molar-refractivity contribution in [2.45, 2.75) is 83.4 Å². The van der Waals surface area contributed by atoms with Gasteiger partial charge in [0.1, 0.15) is 23.6 Å². The van der Waals surface area contributed by atoms with Crippen LogP contribution >= 0.6 is 0 Å². The molecule has 0 aromatic rings. The van der Waals surface area contributed by atoms with E-state index in [0.29, 0.717) is 25.9 Å². The highest BCUT2D eigenvalue weighted by Crippen LogP contribution is 2.43. The maximum atomic E-state index is 13.9. The quantitative estimate of drug-likeness (QED) is 0.226. The second-order valence-electron chi connectivity index (χ2n) is 12.1. The highest BCUT2D eigenvalue weighted by Gasteiger charge is 2.52. The summed E-state index contributed by atoms with van der Waals surface area (Å²) in [5, 5.41) is 5.64. The third-order valence-corrected chi connectivity index (χ3v) is 8.32. The average Bonchev–Trinajstić information content (AvgIpc) is 3.49. The molecule has 3 aliphatic rings. The Bertz CT molecular complexity index is 1000. The summed E-state index contributed by atoms with van der Waals surface area (Å²) < 4.78 is 10.5. The number of fused-ring (bicyclic) bond motifs is 1. The molecule has 7 atom stereocenters. The molecule has 0 aromatic carbocycles. The van der Waals surface area contributed by atoms with Gasteiger partial charge in [-0.3, -0.25) is 19.2 Å². The lowest BCUT2D eigenvalue weighted by Gasteiger charge is -2.33. The number of esters is 2. The van der Waals surface area contributed by atoms with Crippen molar-refractivity contribution in [1.29, 1.82) is 0 Å². The molecule has 222 valence electrons. The van der Waals surface area contributed by atoms with Gasteiger partial charge in [-0.25, -0.2) is 4.79 Å². The molecule has 1 saturated carbocycles. The van der Waals surface area contributed by atoms with Crippen LogP contribution in [0.25, 0.3) is 0 Å². The molecule has 10 nitrogen and oxygen atoms in total. The lowest BCUT2D eigenvalue weighted by molar-refractivity contribution is -0.166. The molecule has 0 radical (unpaired) electrons. The van der Waals surface area contributed by atoms with Gasteiger partial charge in [0.25, 0.3) is 0 Å². The van der Waals surface area contributed by atoms with Gasteiger partial charge in [0.05, 0.1) is 7.11 Å². The maximum absolute atomic E-state index is 13.9. The topological polar surface area (TPSA) is 131 Å². The van der Waals surface area contributed by atoms with Crippen LogP contribution in [0.5, 0.6) is 0 Å². The van der Waals surface area contributed by atoms with Crippen molar-refractivity contribution < 1.29 is 33.4 Å². The van der Waals surface area contributed by atoms with E-state index in [2.05, 4.69) is 23.8 Å². The minimum atomic E-state index is -1.08. The summed E-state index contributed by atoms with van der Waals surface area (Å²) in [7, 11) is 1.23. The molecular formula is C30H45N3O7. The van der Waals surface area contributed by atoms with E-state index in [0.717, 1.165) is 19.3 Å². The van der Waals surface area contributed by atoms with Crippen molar-refractivity contribution in [3.63, 3.8) is 0 Å². The molecule has 2 heterocycles. The summed E-state index contributed by atoms with van der Waals surface area (Å²) in [4.78, 5) is 67.8. The molecule has 1 unspecified atom stereocenters. The van der Waals surface area contributed by atoms with Gasteiger partial charge in [0, 0.05) is 19.0 Å². The summed E-state index contributed by atoms with van der Waals surface area (Å²) in [6.45, 7) is 13.7.